The van der Waals surface area contributed by atoms with Gasteiger partial charge in [-0.3, -0.25) is 0 Å². The lowest BCUT2D eigenvalue weighted by molar-refractivity contribution is 0.667. The Morgan fingerprint density at radius 1 is 0.393 bits per heavy atom. The van der Waals surface area contributed by atoms with Crippen molar-refractivity contribution in [2.75, 3.05) is 0 Å². The summed E-state index contributed by atoms with van der Waals surface area (Å²) in [6.45, 7) is 0. The first kappa shape index (κ1) is 30.8. The fourth-order valence-corrected chi connectivity index (χ4v) is 8.56. The van der Waals surface area contributed by atoms with E-state index < -0.39 is 0 Å². The van der Waals surface area contributed by atoms with Gasteiger partial charge in [0.2, 0.25) is 0 Å². The Labute approximate surface area is 320 Å². The Morgan fingerprint density at radius 2 is 0.946 bits per heavy atom. The van der Waals surface area contributed by atoms with Gasteiger partial charge in [-0.15, -0.1) is 0 Å². The van der Waals surface area contributed by atoms with Crippen molar-refractivity contribution in [1.29, 1.82) is 0 Å². The predicted octanol–water partition coefficient (Wildman–Crippen LogP) is 13.3. The molecule has 0 saturated carbocycles. The number of fused-ring (bicyclic) bond motifs is 10. The molecule has 260 valence electrons. The highest BCUT2D eigenvalue weighted by molar-refractivity contribution is 6.23. The topological polar surface area (TPSA) is 56.7 Å². The van der Waals surface area contributed by atoms with Crippen molar-refractivity contribution < 1.29 is 4.42 Å². The molecule has 9 aromatic carbocycles. The van der Waals surface area contributed by atoms with Crippen molar-refractivity contribution >= 4 is 76.1 Å². The third kappa shape index (κ3) is 4.64. The Kier molecular flexibility index (Phi) is 6.56. The zero-order valence-electron chi connectivity index (χ0n) is 30.0. The van der Waals surface area contributed by atoms with Crippen molar-refractivity contribution in [2.24, 2.45) is 0 Å². The van der Waals surface area contributed by atoms with Gasteiger partial charge in [0.15, 0.2) is 23.1 Å². The van der Waals surface area contributed by atoms with E-state index in [1.165, 1.54) is 32.3 Å². The summed E-state index contributed by atoms with van der Waals surface area (Å²) in [4.78, 5) is 15.4. The van der Waals surface area contributed by atoms with Crippen LogP contribution in [0.2, 0.25) is 0 Å². The molecule has 0 bridgehead atoms. The summed E-state index contributed by atoms with van der Waals surface area (Å²) in [5, 5.41) is 11.4. The maximum Gasteiger partial charge on any atom is 0.164 e. The van der Waals surface area contributed by atoms with E-state index in [0.29, 0.717) is 17.5 Å². The van der Waals surface area contributed by atoms with Gasteiger partial charge in [-0.2, -0.15) is 0 Å². The molecule has 12 rings (SSSR count). The Bertz CT molecular complexity index is 3470. The van der Waals surface area contributed by atoms with Crippen molar-refractivity contribution in [3.63, 3.8) is 0 Å². The van der Waals surface area contributed by atoms with E-state index in [9.17, 15) is 0 Å². The van der Waals surface area contributed by atoms with E-state index in [-0.39, 0.29) is 0 Å². The van der Waals surface area contributed by atoms with Gasteiger partial charge in [-0.05, 0) is 63.3 Å². The molecule has 0 unspecified atom stereocenters. The standard InChI is InChI=1S/C51H30N4O/c1-3-14-32(15-4-1)49-52-50(33-16-5-2-6-17-33)54-51(53-49)40-25-26-43(48-46(40)42-28-35-19-8-10-21-37(35)30-45(42)56-48)55-44-29-36-20-9-7-18-34(36)27-41(44)39-24-23-31-13-11-12-22-38(31)47(39)55/h1-30H. The Morgan fingerprint density at radius 3 is 1.62 bits per heavy atom. The third-order valence-electron chi connectivity index (χ3n) is 11.2. The molecule has 5 heteroatoms. The van der Waals surface area contributed by atoms with Crippen LogP contribution in [-0.2, 0) is 0 Å². The van der Waals surface area contributed by atoms with Crippen LogP contribution in [0.3, 0.4) is 0 Å². The quantitative estimate of drug-likeness (QED) is 0.182. The second kappa shape index (κ2) is 11.9. The lowest BCUT2D eigenvalue weighted by atomic mass is 10.0. The van der Waals surface area contributed by atoms with E-state index in [4.69, 9.17) is 19.4 Å². The van der Waals surface area contributed by atoms with Gasteiger partial charge in [-0.1, -0.05) is 146 Å². The lowest BCUT2D eigenvalue weighted by Gasteiger charge is -2.13. The van der Waals surface area contributed by atoms with Crippen LogP contribution in [0.25, 0.3) is 116 Å². The lowest BCUT2D eigenvalue weighted by Crippen LogP contribution is -2.01. The molecule has 0 atom stereocenters. The summed E-state index contributed by atoms with van der Waals surface area (Å²) in [6.07, 6.45) is 0. The molecule has 0 aliphatic carbocycles. The summed E-state index contributed by atoms with van der Waals surface area (Å²) in [7, 11) is 0. The van der Waals surface area contributed by atoms with Crippen LogP contribution < -0.4 is 0 Å². The third-order valence-corrected chi connectivity index (χ3v) is 11.2. The number of hydrogen-bond donors (Lipinski definition) is 0. The van der Waals surface area contributed by atoms with Crippen molar-refractivity contribution in [3.05, 3.63) is 182 Å². The average Bonchev–Trinajstić information content (AvgIpc) is 3.80. The van der Waals surface area contributed by atoms with Crippen LogP contribution in [0.1, 0.15) is 0 Å². The largest absolute Gasteiger partial charge is 0.454 e. The molecule has 3 heterocycles. The second-order valence-electron chi connectivity index (χ2n) is 14.4. The molecule has 12 aromatic rings. The monoisotopic (exact) mass is 714 g/mol. The van der Waals surface area contributed by atoms with E-state index in [2.05, 4.69) is 126 Å². The molecule has 56 heavy (non-hydrogen) atoms. The molecular weight excluding hydrogens is 685 g/mol. The molecule has 0 fully saturated rings. The van der Waals surface area contributed by atoms with E-state index in [0.717, 1.165) is 66.1 Å². The van der Waals surface area contributed by atoms with Gasteiger partial charge in [0.05, 0.1) is 16.7 Å². The molecule has 0 amide bonds. The molecule has 5 nitrogen and oxygen atoms in total. The minimum absolute atomic E-state index is 0.587. The van der Waals surface area contributed by atoms with E-state index >= 15 is 0 Å². The zero-order valence-corrected chi connectivity index (χ0v) is 30.0. The smallest absolute Gasteiger partial charge is 0.164 e. The van der Waals surface area contributed by atoms with Crippen LogP contribution in [0.15, 0.2) is 186 Å². The first-order valence-electron chi connectivity index (χ1n) is 18.9. The van der Waals surface area contributed by atoms with E-state index in [1.54, 1.807) is 0 Å². The molecule has 0 N–H and O–H groups in total. The van der Waals surface area contributed by atoms with Gasteiger partial charge < -0.3 is 8.98 Å². The highest BCUT2D eigenvalue weighted by atomic mass is 16.3. The Hall–Kier alpha value is -7.63. The zero-order chi connectivity index (χ0) is 36.7. The number of aromatic nitrogens is 4. The molecular formula is C51H30N4O. The normalized spacial score (nSPS) is 11.9. The molecule has 3 aromatic heterocycles. The highest BCUT2D eigenvalue weighted by Crippen LogP contribution is 2.45. The Balaban J connectivity index is 1.23. The number of benzene rings is 9. The molecule has 0 aliphatic heterocycles. The minimum atomic E-state index is 0.587. The first-order valence-corrected chi connectivity index (χ1v) is 18.9. The molecule has 0 spiro atoms. The summed E-state index contributed by atoms with van der Waals surface area (Å²) in [5.41, 5.74) is 7.53. The van der Waals surface area contributed by atoms with Crippen molar-refractivity contribution in [1.82, 2.24) is 19.5 Å². The molecule has 0 aliphatic rings. The molecule has 0 saturated heterocycles. The second-order valence-corrected chi connectivity index (χ2v) is 14.4. The van der Waals surface area contributed by atoms with Gasteiger partial charge >= 0.3 is 0 Å². The minimum Gasteiger partial charge on any atom is -0.454 e. The fraction of sp³-hybridized carbons (Fsp3) is 0. The van der Waals surface area contributed by atoms with Crippen molar-refractivity contribution in [3.8, 4) is 39.9 Å². The molecule has 0 radical (unpaired) electrons. The van der Waals surface area contributed by atoms with Crippen LogP contribution in [0.4, 0.5) is 0 Å². The summed E-state index contributed by atoms with van der Waals surface area (Å²) < 4.78 is 9.52. The van der Waals surface area contributed by atoms with Crippen molar-refractivity contribution in [2.45, 2.75) is 0 Å². The first-order chi connectivity index (χ1) is 27.7. The van der Waals surface area contributed by atoms with Gasteiger partial charge in [0, 0.05) is 43.6 Å². The maximum absolute atomic E-state index is 7.11. The number of furan rings is 1. The summed E-state index contributed by atoms with van der Waals surface area (Å²) in [5.74, 6) is 1.82. The average molecular weight is 715 g/mol. The highest BCUT2D eigenvalue weighted by Gasteiger charge is 2.24. The van der Waals surface area contributed by atoms with E-state index in [1.807, 2.05) is 60.7 Å². The number of rotatable bonds is 4. The van der Waals surface area contributed by atoms with Crippen LogP contribution >= 0.6 is 0 Å². The number of hydrogen-bond acceptors (Lipinski definition) is 4. The van der Waals surface area contributed by atoms with Crippen LogP contribution in [0.5, 0.6) is 0 Å². The van der Waals surface area contributed by atoms with Gasteiger partial charge in [0.1, 0.15) is 5.58 Å². The summed E-state index contributed by atoms with van der Waals surface area (Å²) >= 11 is 0. The van der Waals surface area contributed by atoms with Gasteiger partial charge in [0.25, 0.3) is 0 Å². The van der Waals surface area contributed by atoms with Gasteiger partial charge in [-0.25, -0.2) is 15.0 Å². The fourth-order valence-electron chi connectivity index (χ4n) is 8.56. The number of nitrogens with zero attached hydrogens (tertiary/aromatic N) is 4. The predicted molar refractivity (Wildman–Crippen MR) is 230 cm³/mol. The summed E-state index contributed by atoms with van der Waals surface area (Å²) in [6, 6.07) is 63.9. The van der Waals surface area contributed by atoms with Crippen LogP contribution in [0, 0.1) is 0 Å². The maximum atomic E-state index is 7.11. The SMILES string of the molecule is c1ccc(-c2nc(-c3ccccc3)nc(-c3ccc(-n4c5cc6ccccc6cc5c5ccc6ccccc6c54)c4oc5cc6ccccc6cc5c34)n2)cc1. The van der Waals surface area contributed by atoms with Crippen LogP contribution in [-0.4, -0.2) is 19.5 Å².